The molecule has 0 saturated heterocycles. The van der Waals surface area contributed by atoms with Crippen LogP contribution in [0.2, 0.25) is 0 Å². The normalized spacial score (nSPS) is 15.3. The quantitative estimate of drug-likeness (QED) is 0.546. The first kappa shape index (κ1) is 21.4. The fourth-order valence-corrected chi connectivity index (χ4v) is 2.11. The van der Waals surface area contributed by atoms with E-state index in [1.54, 1.807) is 34.6 Å². The van der Waals surface area contributed by atoms with Crippen molar-refractivity contribution in [3.63, 3.8) is 0 Å². The van der Waals surface area contributed by atoms with Crippen LogP contribution in [-0.4, -0.2) is 36.1 Å². The summed E-state index contributed by atoms with van der Waals surface area (Å²) in [5.74, 6) is -1.85. The highest BCUT2D eigenvalue weighted by Gasteiger charge is 2.36. The summed E-state index contributed by atoms with van der Waals surface area (Å²) in [5, 5.41) is 2.62. The highest BCUT2D eigenvalue weighted by molar-refractivity contribution is 6.02. The van der Waals surface area contributed by atoms with Crippen molar-refractivity contribution in [3.8, 4) is 0 Å². The van der Waals surface area contributed by atoms with Crippen LogP contribution in [0.15, 0.2) is 0 Å². The van der Waals surface area contributed by atoms with Crippen LogP contribution in [-0.2, 0) is 19.1 Å². The van der Waals surface area contributed by atoms with Gasteiger partial charge in [-0.15, -0.1) is 0 Å². The van der Waals surface area contributed by atoms with Crippen LogP contribution in [0.1, 0.15) is 61.3 Å². The lowest BCUT2D eigenvalue weighted by atomic mass is 9.87. The van der Waals surface area contributed by atoms with E-state index >= 15 is 0 Å². The SMILES string of the molecule is CCOC(=O)C(CC)C(=O)[C@@H](NC(=O)OC(C)(C)C)[C@@H](C)CC. The van der Waals surface area contributed by atoms with E-state index in [1.165, 1.54) is 0 Å². The molecule has 0 spiro atoms. The largest absolute Gasteiger partial charge is 0.465 e. The van der Waals surface area contributed by atoms with E-state index in [2.05, 4.69) is 5.32 Å². The molecule has 0 aromatic rings. The van der Waals surface area contributed by atoms with Crippen LogP contribution in [0, 0.1) is 11.8 Å². The van der Waals surface area contributed by atoms with Gasteiger partial charge in [0.1, 0.15) is 11.5 Å². The molecule has 23 heavy (non-hydrogen) atoms. The Hall–Kier alpha value is -1.59. The molecule has 0 aromatic carbocycles. The molecule has 3 atom stereocenters. The average molecular weight is 329 g/mol. The predicted molar refractivity (Wildman–Crippen MR) is 88.0 cm³/mol. The number of nitrogens with one attached hydrogen (secondary N) is 1. The molecule has 0 fully saturated rings. The number of ketones is 1. The molecule has 1 unspecified atom stereocenters. The zero-order valence-electron chi connectivity index (χ0n) is 15.4. The summed E-state index contributed by atoms with van der Waals surface area (Å²) in [5.41, 5.74) is -0.654. The molecular weight excluding hydrogens is 298 g/mol. The number of carbonyl (C=O) groups is 3. The van der Waals surface area contributed by atoms with Crippen molar-refractivity contribution in [2.24, 2.45) is 11.8 Å². The van der Waals surface area contributed by atoms with Crippen molar-refractivity contribution in [1.82, 2.24) is 5.32 Å². The van der Waals surface area contributed by atoms with E-state index in [0.717, 1.165) is 0 Å². The van der Waals surface area contributed by atoms with Crippen molar-refractivity contribution in [2.75, 3.05) is 6.61 Å². The average Bonchev–Trinajstić information content (AvgIpc) is 2.43. The Morgan fingerprint density at radius 2 is 1.61 bits per heavy atom. The summed E-state index contributed by atoms with van der Waals surface area (Å²) in [6, 6.07) is -0.774. The lowest BCUT2D eigenvalue weighted by Crippen LogP contribution is -2.50. The first-order valence-electron chi connectivity index (χ1n) is 8.27. The van der Waals surface area contributed by atoms with Gasteiger partial charge < -0.3 is 14.8 Å². The monoisotopic (exact) mass is 329 g/mol. The standard InChI is InChI=1S/C17H31NO5/c1-8-11(4)13(18-16(21)23-17(5,6)7)14(19)12(9-2)15(20)22-10-3/h11-13H,8-10H2,1-7H3,(H,18,21)/t11-,12?,13-/m0/s1. The second kappa shape index (κ2) is 9.53. The zero-order chi connectivity index (χ0) is 18.2. The van der Waals surface area contributed by atoms with Crippen molar-refractivity contribution in [3.05, 3.63) is 0 Å². The number of hydrogen-bond acceptors (Lipinski definition) is 5. The molecule has 1 N–H and O–H groups in total. The summed E-state index contributed by atoms with van der Waals surface area (Å²) in [4.78, 5) is 36.7. The summed E-state index contributed by atoms with van der Waals surface area (Å²) < 4.78 is 10.2. The van der Waals surface area contributed by atoms with Crippen molar-refractivity contribution < 1.29 is 23.9 Å². The van der Waals surface area contributed by atoms with E-state index in [-0.39, 0.29) is 18.3 Å². The van der Waals surface area contributed by atoms with E-state index in [1.807, 2.05) is 13.8 Å². The number of alkyl carbamates (subject to hydrolysis) is 1. The Morgan fingerprint density at radius 1 is 1.04 bits per heavy atom. The van der Waals surface area contributed by atoms with Gasteiger partial charge in [0.2, 0.25) is 0 Å². The highest BCUT2D eigenvalue weighted by Crippen LogP contribution is 2.18. The Balaban J connectivity index is 5.18. The third-order valence-electron chi connectivity index (χ3n) is 3.51. The second-order valence-electron chi connectivity index (χ2n) is 6.62. The maximum atomic E-state index is 12.7. The van der Waals surface area contributed by atoms with Gasteiger partial charge in [0.15, 0.2) is 5.78 Å². The lowest BCUT2D eigenvalue weighted by Gasteiger charge is -2.28. The van der Waals surface area contributed by atoms with Crippen LogP contribution in [0.5, 0.6) is 0 Å². The molecule has 0 radical (unpaired) electrons. The molecule has 0 aromatic heterocycles. The van der Waals surface area contributed by atoms with Crippen molar-refractivity contribution >= 4 is 17.8 Å². The number of ether oxygens (including phenoxy) is 2. The highest BCUT2D eigenvalue weighted by atomic mass is 16.6. The zero-order valence-corrected chi connectivity index (χ0v) is 15.4. The Bertz CT molecular complexity index is 414. The molecule has 0 aliphatic carbocycles. The van der Waals surface area contributed by atoms with Gasteiger partial charge in [-0.1, -0.05) is 27.2 Å². The minimum Gasteiger partial charge on any atom is -0.465 e. The number of rotatable bonds is 8. The molecule has 0 rings (SSSR count). The molecule has 6 nitrogen and oxygen atoms in total. The number of carbonyl (C=O) groups excluding carboxylic acids is 3. The third kappa shape index (κ3) is 7.48. The molecule has 0 saturated carbocycles. The van der Waals surface area contributed by atoms with Crippen LogP contribution in [0.3, 0.4) is 0 Å². The summed E-state index contributed by atoms with van der Waals surface area (Å²) in [7, 11) is 0. The van der Waals surface area contributed by atoms with Crippen LogP contribution in [0.4, 0.5) is 4.79 Å². The molecule has 0 heterocycles. The second-order valence-corrected chi connectivity index (χ2v) is 6.62. The van der Waals surface area contributed by atoms with Crippen molar-refractivity contribution in [1.29, 1.82) is 0 Å². The van der Waals surface area contributed by atoms with Gasteiger partial charge in [-0.05, 0) is 40.0 Å². The summed E-state index contributed by atoms with van der Waals surface area (Å²) in [6.45, 7) is 12.7. The van der Waals surface area contributed by atoms with E-state index in [4.69, 9.17) is 9.47 Å². The van der Waals surface area contributed by atoms with Gasteiger partial charge in [0.25, 0.3) is 0 Å². The van der Waals surface area contributed by atoms with E-state index < -0.39 is 29.6 Å². The number of hydrogen-bond donors (Lipinski definition) is 1. The summed E-state index contributed by atoms with van der Waals surface area (Å²) in [6.07, 6.45) is 0.362. The van der Waals surface area contributed by atoms with Crippen LogP contribution >= 0.6 is 0 Å². The first-order valence-corrected chi connectivity index (χ1v) is 8.27. The Labute approximate surface area is 139 Å². The first-order chi connectivity index (χ1) is 10.6. The van der Waals surface area contributed by atoms with Gasteiger partial charge >= 0.3 is 12.1 Å². The smallest absolute Gasteiger partial charge is 0.408 e. The van der Waals surface area contributed by atoms with Gasteiger partial charge in [-0.2, -0.15) is 0 Å². The minimum absolute atomic E-state index is 0.113. The van der Waals surface area contributed by atoms with E-state index in [0.29, 0.717) is 12.8 Å². The molecule has 0 bridgehead atoms. The van der Waals surface area contributed by atoms with Gasteiger partial charge in [0, 0.05) is 0 Å². The fourth-order valence-electron chi connectivity index (χ4n) is 2.11. The molecule has 6 heteroatoms. The fraction of sp³-hybridized carbons (Fsp3) is 0.824. The van der Waals surface area contributed by atoms with Gasteiger partial charge in [-0.25, -0.2) is 4.79 Å². The number of esters is 1. The van der Waals surface area contributed by atoms with Gasteiger partial charge in [-0.3, -0.25) is 9.59 Å². The van der Waals surface area contributed by atoms with Crippen molar-refractivity contribution in [2.45, 2.75) is 73.0 Å². The van der Waals surface area contributed by atoms with Gasteiger partial charge in [0.05, 0.1) is 12.6 Å². The third-order valence-corrected chi connectivity index (χ3v) is 3.51. The Kier molecular flexibility index (Phi) is 8.87. The molecule has 134 valence electrons. The maximum absolute atomic E-state index is 12.7. The number of Topliss-reactive ketones (excluding diaryl/α,β-unsaturated/α-hetero) is 1. The Morgan fingerprint density at radius 3 is 2.00 bits per heavy atom. The lowest BCUT2D eigenvalue weighted by molar-refractivity contribution is -0.152. The number of amides is 1. The topological polar surface area (TPSA) is 81.7 Å². The molecule has 0 aliphatic rings. The van der Waals surface area contributed by atoms with E-state index in [9.17, 15) is 14.4 Å². The maximum Gasteiger partial charge on any atom is 0.408 e. The predicted octanol–water partition coefficient (Wildman–Crippen LogP) is 3.08. The van der Waals surface area contributed by atoms with Crippen LogP contribution < -0.4 is 5.32 Å². The summed E-state index contributed by atoms with van der Waals surface area (Å²) >= 11 is 0. The minimum atomic E-state index is -0.871. The van der Waals surface area contributed by atoms with Crippen LogP contribution in [0.25, 0.3) is 0 Å². The molecule has 1 amide bonds. The molecular formula is C17H31NO5. The molecule has 0 aliphatic heterocycles.